The van der Waals surface area contributed by atoms with Crippen molar-refractivity contribution in [2.45, 2.75) is 20.8 Å². The summed E-state index contributed by atoms with van der Waals surface area (Å²) in [7, 11) is 0. The van der Waals surface area contributed by atoms with Crippen LogP contribution in [0.1, 0.15) is 20.8 Å². The molecule has 0 saturated carbocycles. The van der Waals surface area contributed by atoms with Gasteiger partial charge in [0, 0.05) is 0 Å². The van der Waals surface area contributed by atoms with Gasteiger partial charge in [-0.3, -0.25) is 0 Å². The van der Waals surface area contributed by atoms with Crippen molar-refractivity contribution in [1.82, 2.24) is 0 Å². The lowest BCUT2D eigenvalue weighted by atomic mass is 10.9. The molecule has 0 atom stereocenters. The van der Waals surface area contributed by atoms with E-state index >= 15 is 0 Å². The smallest absolute Gasteiger partial charge is 0.109 e. The van der Waals surface area contributed by atoms with Gasteiger partial charge in [0.1, 0.15) is 19.8 Å². The maximum atomic E-state index is 5.11. The summed E-state index contributed by atoms with van der Waals surface area (Å²) in [6.07, 6.45) is 0. The second kappa shape index (κ2) is 7.34. The van der Waals surface area contributed by atoms with Crippen LogP contribution < -0.4 is 0 Å². The average molecular weight is 167 g/mol. The largest absolute Gasteiger partial charge is 0.507 e. The monoisotopic (exact) mass is 167 g/mol. The molecule has 10 heavy (non-hydrogen) atoms. The van der Waals surface area contributed by atoms with E-state index in [1.807, 2.05) is 20.8 Å². The summed E-state index contributed by atoms with van der Waals surface area (Å²) in [6.45, 7) is 7.63. The minimum Gasteiger partial charge on any atom is -0.109 e. The van der Waals surface area contributed by atoms with E-state index in [2.05, 4.69) is 0 Å². The van der Waals surface area contributed by atoms with Gasteiger partial charge in [-0.2, -0.15) is 0 Å². The third kappa shape index (κ3) is 5.05. The summed E-state index contributed by atoms with van der Waals surface area (Å²) < 4.78 is 15.3. The van der Waals surface area contributed by atoms with Crippen molar-refractivity contribution in [3.8, 4) is 0 Å². The Balaban J connectivity index is 3.30. The highest BCUT2D eigenvalue weighted by Gasteiger charge is 2.23. The first-order valence-corrected chi connectivity index (χ1v) is 4.49. The van der Waals surface area contributed by atoms with Crippen LogP contribution in [0.15, 0.2) is 0 Å². The molecule has 0 unspecified atom stereocenters. The summed E-state index contributed by atoms with van der Waals surface area (Å²) in [5, 5.41) is 0. The molecule has 62 valence electrons. The lowest BCUT2D eigenvalue weighted by Crippen LogP contribution is -2.14. The quantitative estimate of drug-likeness (QED) is 0.560. The molecular weight excluding hydrogens is 152 g/mol. The van der Waals surface area contributed by atoms with Gasteiger partial charge in [-0.05, 0) is 20.8 Å². The predicted molar refractivity (Wildman–Crippen MR) is 42.2 cm³/mol. The SMILES string of the molecule is CCO[S+](OCC)OCC. The van der Waals surface area contributed by atoms with Gasteiger partial charge >= 0.3 is 11.7 Å². The van der Waals surface area contributed by atoms with Gasteiger partial charge in [0.25, 0.3) is 0 Å². The zero-order chi connectivity index (χ0) is 7.82. The minimum absolute atomic E-state index is 0.628. The van der Waals surface area contributed by atoms with Crippen LogP contribution in [0.25, 0.3) is 0 Å². The zero-order valence-electron chi connectivity index (χ0n) is 6.75. The molecule has 0 saturated heterocycles. The highest BCUT2D eigenvalue weighted by molar-refractivity contribution is 7.82. The van der Waals surface area contributed by atoms with E-state index in [9.17, 15) is 0 Å². The molecule has 0 spiro atoms. The maximum absolute atomic E-state index is 5.11. The summed E-state index contributed by atoms with van der Waals surface area (Å²) in [5.41, 5.74) is 0. The standard InChI is InChI=1S/C6H15O3S/c1-4-7-10(8-5-2)9-6-3/h4-6H2,1-3H3/q+1. The summed E-state index contributed by atoms with van der Waals surface area (Å²) in [4.78, 5) is 0. The molecule has 0 aromatic carbocycles. The third-order valence-corrected chi connectivity index (χ3v) is 1.93. The molecule has 0 aliphatic rings. The van der Waals surface area contributed by atoms with Crippen LogP contribution in [0, 0.1) is 0 Å². The van der Waals surface area contributed by atoms with Crippen molar-refractivity contribution in [3.05, 3.63) is 0 Å². The van der Waals surface area contributed by atoms with Crippen molar-refractivity contribution in [3.63, 3.8) is 0 Å². The van der Waals surface area contributed by atoms with Crippen LogP contribution in [0.5, 0.6) is 0 Å². The fourth-order valence-electron chi connectivity index (χ4n) is 0.391. The highest BCUT2D eigenvalue weighted by atomic mass is 32.3. The van der Waals surface area contributed by atoms with Crippen LogP contribution in [-0.2, 0) is 24.3 Å². The molecule has 0 aliphatic carbocycles. The van der Waals surface area contributed by atoms with E-state index in [0.29, 0.717) is 19.8 Å². The Morgan fingerprint density at radius 2 is 1.10 bits per heavy atom. The molecule has 0 amide bonds. The minimum atomic E-state index is -0.725. The maximum Gasteiger partial charge on any atom is 0.507 e. The summed E-state index contributed by atoms with van der Waals surface area (Å²) >= 11 is -0.725. The van der Waals surface area contributed by atoms with Gasteiger partial charge in [-0.15, -0.1) is 12.5 Å². The molecule has 0 fully saturated rings. The fourth-order valence-corrected chi connectivity index (χ4v) is 1.17. The van der Waals surface area contributed by atoms with Crippen LogP contribution in [0.3, 0.4) is 0 Å². The second-order valence-corrected chi connectivity index (χ2v) is 2.54. The zero-order valence-corrected chi connectivity index (χ0v) is 7.57. The van der Waals surface area contributed by atoms with Crippen LogP contribution >= 0.6 is 0 Å². The van der Waals surface area contributed by atoms with Crippen molar-refractivity contribution >= 4 is 11.7 Å². The van der Waals surface area contributed by atoms with Gasteiger partial charge in [-0.25, -0.2) is 0 Å². The van der Waals surface area contributed by atoms with Crippen LogP contribution in [0.2, 0.25) is 0 Å². The highest BCUT2D eigenvalue weighted by Crippen LogP contribution is 2.02. The van der Waals surface area contributed by atoms with Crippen LogP contribution in [0.4, 0.5) is 0 Å². The van der Waals surface area contributed by atoms with E-state index in [-0.39, 0.29) is 0 Å². The molecule has 0 aromatic heterocycles. The second-order valence-electron chi connectivity index (χ2n) is 1.42. The molecule has 0 aliphatic heterocycles. The van der Waals surface area contributed by atoms with E-state index in [4.69, 9.17) is 12.5 Å². The van der Waals surface area contributed by atoms with Crippen molar-refractivity contribution in [2.75, 3.05) is 19.8 Å². The first kappa shape index (κ1) is 10.2. The van der Waals surface area contributed by atoms with Gasteiger partial charge in [0.15, 0.2) is 0 Å². The Labute approximate surface area is 65.6 Å². The topological polar surface area (TPSA) is 27.7 Å². The average Bonchev–Trinajstić information content (AvgIpc) is 1.90. The van der Waals surface area contributed by atoms with E-state index in [1.165, 1.54) is 0 Å². The lowest BCUT2D eigenvalue weighted by Gasteiger charge is -1.96. The molecule has 0 radical (unpaired) electrons. The third-order valence-electron chi connectivity index (χ3n) is 0.642. The summed E-state index contributed by atoms with van der Waals surface area (Å²) in [5.74, 6) is 0. The van der Waals surface area contributed by atoms with E-state index in [0.717, 1.165) is 0 Å². The Hall–Kier alpha value is 0.230. The molecule has 0 heterocycles. The normalized spacial score (nSPS) is 10.8. The first-order chi connectivity index (χ1) is 4.85. The number of rotatable bonds is 6. The summed E-state index contributed by atoms with van der Waals surface area (Å²) in [6, 6.07) is 0. The molecule has 0 rings (SSSR count). The molecular formula is C6H15O3S+. The molecule has 4 heteroatoms. The Bertz CT molecular complexity index is 55.7. The van der Waals surface area contributed by atoms with Crippen LogP contribution in [-0.4, -0.2) is 19.8 Å². The lowest BCUT2D eigenvalue weighted by molar-refractivity contribution is 0.197. The van der Waals surface area contributed by atoms with Gasteiger partial charge in [-0.1, -0.05) is 0 Å². The predicted octanol–water partition coefficient (Wildman–Crippen LogP) is 1.46. The molecule has 3 nitrogen and oxygen atoms in total. The first-order valence-electron chi connectivity index (χ1n) is 3.49. The molecule has 0 N–H and O–H groups in total. The van der Waals surface area contributed by atoms with Gasteiger partial charge in [0.05, 0.1) is 0 Å². The number of hydrogen-bond donors (Lipinski definition) is 0. The van der Waals surface area contributed by atoms with Gasteiger partial charge in [0.2, 0.25) is 0 Å². The van der Waals surface area contributed by atoms with Crippen molar-refractivity contribution in [2.24, 2.45) is 0 Å². The van der Waals surface area contributed by atoms with Crippen molar-refractivity contribution in [1.29, 1.82) is 0 Å². The molecule has 0 bridgehead atoms. The van der Waals surface area contributed by atoms with E-state index < -0.39 is 11.7 Å². The van der Waals surface area contributed by atoms with E-state index in [1.54, 1.807) is 0 Å². The Morgan fingerprint density at radius 3 is 1.30 bits per heavy atom. The number of hydrogen-bond acceptors (Lipinski definition) is 3. The fraction of sp³-hybridized carbons (Fsp3) is 1.00. The molecule has 0 aromatic rings. The van der Waals surface area contributed by atoms with Gasteiger partial charge < -0.3 is 0 Å². The Kier molecular flexibility index (Phi) is 7.51. The van der Waals surface area contributed by atoms with Crippen molar-refractivity contribution < 1.29 is 12.5 Å². The Morgan fingerprint density at radius 1 is 0.800 bits per heavy atom.